The maximum Gasteiger partial charge on any atom is 0.244 e. The molecule has 120 valence electrons. The third kappa shape index (κ3) is 4.80. The first-order valence-electron chi connectivity index (χ1n) is 6.55. The summed E-state index contributed by atoms with van der Waals surface area (Å²) < 4.78 is 31.8. The van der Waals surface area contributed by atoms with Crippen molar-refractivity contribution in [3.05, 3.63) is 11.4 Å². The van der Waals surface area contributed by atoms with E-state index >= 15 is 0 Å². The smallest absolute Gasteiger partial charge is 0.244 e. The third-order valence-corrected chi connectivity index (χ3v) is 4.74. The van der Waals surface area contributed by atoms with E-state index in [0.717, 1.165) is 0 Å². The predicted molar refractivity (Wildman–Crippen MR) is 77.4 cm³/mol. The SMILES string of the molecule is COCCN(CCNS(=O)(=O)c1c(C)n[nH]c1C)C(C)=O. The Hall–Kier alpha value is -1.45. The number of amides is 1. The van der Waals surface area contributed by atoms with Crippen LogP contribution in [0.25, 0.3) is 0 Å². The molecule has 1 rings (SSSR count). The van der Waals surface area contributed by atoms with Crippen molar-refractivity contribution >= 4 is 15.9 Å². The van der Waals surface area contributed by atoms with Crippen LogP contribution in [0.2, 0.25) is 0 Å². The summed E-state index contributed by atoms with van der Waals surface area (Å²) in [4.78, 5) is 13.1. The molecule has 1 aromatic rings. The lowest BCUT2D eigenvalue weighted by Gasteiger charge is -2.20. The minimum Gasteiger partial charge on any atom is -0.383 e. The number of hydrogen-bond acceptors (Lipinski definition) is 5. The minimum atomic E-state index is -3.63. The lowest BCUT2D eigenvalue weighted by molar-refractivity contribution is -0.129. The number of rotatable bonds is 8. The minimum absolute atomic E-state index is 0.123. The van der Waals surface area contributed by atoms with Gasteiger partial charge < -0.3 is 9.64 Å². The summed E-state index contributed by atoms with van der Waals surface area (Å²) in [6.45, 7) is 5.97. The van der Waals surface area contributed by atoms with Crippen LogP contribution >= 0.6 is 0 Å². The molecule has 1 amide bonds. The normalized spacial score (nSPS) is 11.6. The highest BCUT2D eigenvalue weighted by Gasteiger charge is 2.22. The van der Waals surface area contributed by atoms with Crippen molar-refractivity contribution in [2.45, 2.75) is 25.7 Å². The van der Waals surface area contributed by atoms with E-state index in [2.05, 4.69) is 14.9 Å². The van der Waals surface area contributed by atoms with Crippen LogP contribution in [0.15, 0.2) is 4.90 Å². The van der Waals surface area contributed by atoms with Crippen molar-refractivity contribution in [3.8, 4) is 0 Å². The first kappa shape index (κ1) is 17.6. The molecule has 0 radical (unpaired) electrons. The summed E-state index contributed by atoms with van der Waals surface area (Å²) in [5.41, 5.74) is 0.908. The molecule has 0 saturated heterocycles. The molecular weight excluding hydrogens is 296 g/mol. The molecule has 0 fully saturated rings. The maximum atomic E-state index is 12.2. The zero-order valence-corrected chi connectivity index (χ0v) is 13.6. The van der Waals surface area contributed by atoms with E-state index in [-0.39, 0.29) is 23.9 Å². The van der Waals surface area contributed by atoms with Gasteiger partial charge in [0.25, 0.3) is 0 Å². The van der Waals surface area contributed by atoms with Gasteiger partial charge in [0.2, 0.25) is 15.9 Å². The van der Waals surface area contributed by atoms with Crippen molar-refractivity contribution in [2.75, 3.05) is 33.4 Å². The van der Waals surface area contributed by atoms with Crippen LogP contribution in [0.5, 0.6) is 0 Å². The molecule has 0 aromatic carbocycles. The first-order chi connectivity index (χ1) is 9.79. The highest BCUT2D eigenvalue weighted by Crippen LogP contribution is 2.15. The average molecular weight is 318 g/mol. The molecule has 8 nitrogen and oxygen atoms in total. The van der Waals surface area contributed by atoms with Crippen molar-refractivity contribution in [1.29, 1.82) is 0 Å². The van der Waals surface area contributed by atoms with Gasteiger partial charge in [-0.05, 0) is 13.8 Å². The zero-order chi connectivity index (χ0) is 16.0. The molecule has 0 aliphatic rings. The highest BCUT2D eigenvalue weighted by atomic mass is 32.2. The van der Waals surface area contributed by atoms with E-state index in [0.29, 0.717) is 24.5 Å². The molecule has 0 aliphatic heterocycles. The Bertz CT molecular complexity index is 563. The Morgan fingerprint density at radius 3 is 2.52 bits per heavy atom. The molecule has 1 heterocycles. The Kier molecular flexibility index (Phi) is 6.31. The van der Waals surface area contributed by atoms with Crippen LogP contribution < -0.4 is 4.72 Å². The number of ether oxygens (including phenoxy) is 1. The van der Waals surface area contributed by atoms with Gasteiger partial charge in [0.1, 0.15) is 4.90 Å². The van der Waals surface area contributed by atoms with E-state index in [1.54, 1.807) is 21.0 Å². The number of nitrogens with one attached hydrogen (secondary N) is 2. The molecule has 9 heteroatoms. The van der Waals surface area contributed by atoms with Crippen LogP contribution in [-0.2, 0) is 19.6 Å². The second-order valence-corrected chi connectivity index (χ2v) is 6.36. The summed E-state index contributed by atoms with van der Waals surface area (Å²) in [7, 11) is -2.09. The van der Waals surface area contributed by atoms with Gasteiger partial charge in [-0.15, -0.1) is 0 Å². The molecule has 1 aromatic heterocycles. The van der Waals surface area contributed by atoms with Gasteiger partial charge in [-0.25, -0.2) is 13.1 Å². The lowest BCUT2D eigenvalue weighted by atomic mass is 10.4. The molecule has 0 atom stereocenters. The topological polar surface area (TPSA) is 104 Å². The number of sulfonamides is 1. The van der Waals surface area contributed by atoms with Crippen molar-refractivity contribution in [3.63, 3.8) is 0 Å². The molecule has 0 spiro atoms. The maximum absolute atomic E-state index is 12.2. The van der Waals surface area contributed by atoms with Crippen LogP contribution in [0.1, 0.15) is 18.3 Å². The van der Waals surface area contributed by atoms with Crippen LogP contribution in [0.3, 0.4) is 0 Å². The third-order valence-electron chi connectivity index (χ3n) is 3.01. The lowest BCUT2D eigenvalue weighted by Crippen LogP contribution is -2.39. The largest absolute Gasteiger partial charge is 0.383 e. The second kappa shape index (κ2) is 7.53. The number of hydrogen-bond donors (Lipinski definition) is 2. The number of aryl methyl sites for hydroxylation is 2. The van der Waals surface area contributed by atoms with E-state index < -0.39 is 10.0 Å². The fourth-order valence-electron chi connectivity index (χ4n) is 1.95. The number of carbonyl (C=O) groups is 1. The molecule has 0 bridgehead atoms. The van der Waals surface area contributed by atoms with Gasteiger partial charge in [0.05, 0.1) is 18.0 Å². The zero-order valence-electron chi connectivity index (χ0n) is 12.8. The van der Waals surface area contributed by atoms with E-state index in [9.17, 15) is 13.2 Å². The fourth-order valence-corrected chi connectivity index (χ4v) is 3.34. The summed E-state index contributed by atoms with van der Waals surface area (Å²) in [6.07, 6.45) is 0. The van der Waals surface area contributed by atoms with Crippen molar-refractivity contribution in [1.82, 2.24) is 19.8 Å². The number of methoxy groups -OCH3 is 1. The number of nitrogens with zero attached hydrogens (tertiary/aromatic N) is 2. The Labute approximate surface area is 124 Å². The molecule has 21 heavy (non-hydrogen) atoms. The molecule has 0 saturated carbocycles. The van der Waals surface area contributed by atoms with Gasteiger partial charge >= 0.3 is 0 Å². The number of aromatic nitrogens is 2. The van der Waals surface area contributed by atoms with Gasteiger partial charge in [-0.1, -0.05) is 0 Å². The number of carbonyl (C=O) groups excluding carboxylic acids is 1. The van der Waals surface area contributed by atoms with Gasteiger partial charge in [0, 0.05) is 33.7 Å². The Balaban J connectivity index is 2.63. The summed E-state index contributed by atoms with van der Waals surface area (Å²) in [6, 6.07) is 0. The quantitative estimate of drug-likeness (QED) is 0.691. The summed E-state index contributed by atoms with van der Waals surface area (Å²) >= 11 is 0. The average Bonchev–Trinajstić information content (AvgIpc) is 2.73. The van der Waals surface area contributed by atoms with E-state index in [4.69, 9.17) is 4.74 Å². The van der Waals surface area contributed by atoms with Gasteiger partial charge in [0.15, 0.2) is 0 Å². The second-order valence-electron chi connectivity index (χ2n) is 4.66. The Morgan fingerprint density at radius 2 is 2.05 bits per heavy atom. The van der Waals surface area contributed by atoms with Gasteiger partial charge in [-0.3, -0.25) is 9.89 Å². The molecular formula is C12H22N4O4S. The van der Waals surface area contributed by atoms with Crippen LogP contribution in [0.4, 0.5) is 0 Å². The molecule has 2 N–H and O–H groups in total. The predicted octanol–water partition coefficient (Wildman–Crippen LogP) is -0.200. The highest BCUT2D eigenvalue weighted by molar-refractivity contribution is 7.89. The number of aromatic amines is 1. The molecule has 0 aliphatic carbocycles. The Morgan fingerprint density at radius 1 is 1.38 bits per heavy atom. The molecule has 0 unspecified atom stereocenters. The van der Waals surface area contributed by atoms with Crippen molar-refractivity contribution in [2.24, 2.45) is 0 Å². The summed E-state index contributed by atoms with van der Waals surface area (Å²) in [5.74, 6) is -0.123. The van der Waals surface area contributed by atoms with Crippen LogP contribution in [-0.4, -0.2) is 62.8 Å². The fraction of sp³-hybridized carbons (Fsp3) is 0.667. The standard InChI is InChI=1S/C12H22N4O4S/c1-9-12(10(2)15-14-9)21(18,19)13-5-6-16(11(3)17)7-8-20-4/h13H,5-8H2,1-4H3,(H,14,15). The van der Waals surface area contributed by atoms with E-state index in [1.807, 2.05) is 0 Å². The first-order valence-corrected chi connectivity index (χ1v) is 8.03. The van der Waals surface area contributed by atoms with E-state index in [1.165, 1.54) is 11.8 Å². The summed E-state index contributed by atoms with van der Waals surface area (Å²) in [5, 5.41) is 6.51. The number of H-pyrrole nitrogens is 1. The van der Waals surface area contributed by atoms with Gasteiger partial charge in [-0.2, -0.15) is 5.10 Å². The van der Waals surface area contributed by atoms with Crippen molar-refractivity contribution < 1.29 is 17.9 Å². The monoisotopic (exact) mass is 318 g/mol. The van der Waals surface area contributed by atoms with Crippen LogP contribution in [0, 0.1) is 13.8 Å².